The molecule has 2 nitrogen and oxygen atoms in total. The summed E-state index contributed by atoms with van der Waals surface area (Å²) < 4.78 is 13.9. The Balaban J connectivity index is 2.46. The number of anilines is 2. The summed E-state index contributed by atoms with van der Waals surface area (Å²) in [6, 6.07) is 12.5. The predicted octanol–water partition coefficient (Wildman–Crippen LogP) is 3.93. The predicted molar refractivity (Wildman–Crippen MR) is 86.1 cm³/mol. The van der Waals surface area contributed by atoms with Crippen LogP contribution in [0.2, 0.25) is 0 Å². The summed E-state index contributed by atoms with van der Waals surface area (Å²) in [6.45, 7) is 4.61. The fourth-order valence-corrected chi connectivity index (χ4v) is 2.48. The van der Waals surface area contributed by atoms with Gasteiger partial charge >= 0.3 is 0 Å². The van der Waals surface area contributed by atoms with E-state index in [1.54, 1.807) is 12.1 Å². The summed E-state index contributed by atoms with van der Waals surface area (Å²) in [5.41, 5.74) is 9.00. The smallest absolute Gasteiger partial charge is 0.146 e. The number of para-hydroxylation sites is 1. The van der Waals surface area contributed by atoms with Crippen molar-refractivity contribution in [1.82, 2.24) is 0 Å². The standard InChI is InChI=1S/C16H17FN2S/c1-3-19(15-7-5-4-6-14(15)17)12-8-9-13(16(18)20)11(2)10-12/h4-10H,3H2,1-2H3,(H2,18,20). The molecule has 0 unspecified atom stereocenters. The topological polar surface area (TPSA) is 29.3 Å². The molecule has 0 spiro atoms. The minimum atomic E-state index is -0.231. The first-order valence-electron chi connectivity index (χ1n) is 6.47. The minimum absolute atomic E-state index is 0.231. The summed E-state index contributed by atoms with van der Waals surface area (Å²) in [6.07, 6.45) is 0. The Hall–Kier alpha value is -1.94. The van der Waals surface area contributed by atoms with Crippen LogP contribution in [0.15, 0.2) is 42.5 Å². The average Bonchev–Trinajstić information content (AvgIpc) is 2.41. The number of hydrogen-bond donors (Lipinski definition) is 1. The van der Waals surface area contributed by atoms with Gasteiger partial charge in [-0.15, -0.1) is 0 Å². The van der Waals surface area contributed by atoms with Crippen molar-refractivity contribution < 1.29 is 4.39 Å². The van der Waals surface area contributed by atoms with E-state index in [9.17, 15) is 4.39 Å². The summed E-state index contributed by atoms with van der Waals surface area (Å²) >= 11 is 5.01. The van der Waals surface area contributed by atoms with Crippen molar-refractivity contribution in [2.75, 3.05) is 11.4 Å². The Labute approximate surface area is 124 Å². The maximum Gasteiger partial charge on any atom is 0.146 e. The van der Waals surface area contributed by atoms with Gasteiger partial charge in [0.2, 0.25) is 0 Å². The molecule has 104 valence electrons. The van der Waals surface area contributed by atoms with Crippen molar-refractivity contribution in [2.24, 2.45) is 5.73 Å². The van der Waals surface area contributed by atoms with Crippen LogP contribution in [0.25, 0.3) is 0 Å². The van der Waals surface area contributed by atoms with E-state index in [2.05, 4.69) is 0 Å². The van der Waals surface area contributed by atoms with Crippen LogP contribution in [0.3, 0.4) is 0 Å². The highest BCUT2D eigenvalue weighted by atomic mass is 32.1. The molecule has 0 amide bonds. The molecule has 0 atom stereocenters. The molecule has 0 aromatic heterocycles. The molecule has 0 bridgehead atoms. The van der Waals surface area contributed by atoms with Crippen LogP contribution >= 0.6 is 12.2 Å². The third-order valence-electron chi connectivity index (χ3n) is 3.25. The molecular weight excluding hydrogens is 271 g/mol. The van der Waals surface area contributed by atoms with Crippen molar-refractivity contribution in [3.05, 3.63) is 59.4 Å². The van der Waals surface area contributed by atoms with E-state index in [0.717, 1.165) is 16.8 Å². The number of nitrogens with zero attached hydrogens (tertiary/aromatic N) is 1. The lowest BCUT2D eigenvalue weighted by Gasteiger charge is -2.24. The largest absolute Gasteiger partial charge is 0.389 e. The average molecular weight is 288 g/mol. The third kappa shape index (κ3) is 2.80. The van der Waals surface area contributed by atoms with Gasteiger partial charge in [0.25, 0.3) is 0 Å². The summed E-state index contributed by atoms with van der Waals surface area (Å²) in [5.74, 6) is -0.231. The van der Waals surface area contributed by atoms with Crippen LogP contribution in [-0.2, 0) is 0 Å². The van der Waals surface area contributed by atoms with Crippen LogP contribution in [0.1, 0.15) is 18.1 Å². The molecule has 0 saturated heterocycles. The first-order chi connectivity index (χ1) is 9.54. The van der Waals surface area contributed by atoms with Gasteiger partial charge in [-0.2, -0.15) is 0 Å². The second kappa shape index (κ2) is 6.01. The van der Waals surface area contributed by atoms with E-state index in [-0.39, 0.29) is 5.82 Å². The molecule has 0 saturated carbocycles. The first kappa shape index (κ1) is 14.5. The molecule has 0 aliphatic carbocycles. The van der Waals surface area contributed by atoms with E-state index in [0.29, 0.717) is 17.2 Å². The zero-order valence-corrected chi connectivity index (χ0v) is 12.4. The highest BCUT2D eigenvalue weighted by Crippen LogP contribution is 2.28. The second-order valence-electron chi connectivity index (χ2n) is 4.56. The number of rotatable bonds is 4. The Kier molecular flexibility index (Phi) is 4.35. The lowest BCUT2D eigenvalue weighted by molar-refractivity contribution is 0.625. The van der Waals surface area contributed by atoms with Crippen LogP contribution in [0, 0.1) is 12.7 Å². The number of halogens is 1. The molecule has 2 N–H and O–H groups in total. The number of thiocarbonyl (C=S) groups is 1. The molecule has 0 heterocycles. The molecule has 2 aromatic carbocycles. The zero-order chi connectivity index (χ0) is 14.7. The molecule has 0 aliphatic heterocycles. The van der Waals surface area contributed by atoms with Gasteiger partial charge < -0.3 is 10.6 Å². The Morgan fingerprint density at radius 1 is 1.25 bits per heavy atom. The lowest BCUT2D eigenvalue weighted by Crippen LogP contribution is -2.18. The van der Waals surface area contributed by atoms with E-state index in [1.165, 1.54) is 6.07 Å². The van der Waals surface area contributed by atoms with Gasteiger partial charge in [0.1, 0.15) is 10.8 Å². The molecule has 2 aromatic rings. The van der Waals surface area contributed by atoms with Crippen LogP contribution in [0.5, 0.6) is 0 Å². The van der Waals surface area contributed by atoms with Gasteiger partial charge in [-0.05, 0) is 49.7 Å². The Bertz CT molecular complexity index is 640. The zero-order valence-electron chi connectivity index (χ0n) is 11.6. The quantitative estimate of drug-likeness (QED) is 0.864. The Morgan fingerprint density at radius 3 is 2.50 bits per heavy atom. The van der Waals surface area contributed by atoms with Crippen molar-refractivity contribution in [3.8, 4) is 0 Å². The van der Waals surface area contributed by atoms with E-state index < -0.39 is 0 Å². The number of nitrogens with two attached hydrogens (primary N) is 1. The monoisotopic (exact) mass is 288 g/mol. The fraction of sp³-hybridized carbons (Fsp3) is 0.188. The van der Waals surface area contributed by atoms with E-state index >= 15 is 0 Å². The highest BCUT2D eigenvalue weighted by molar-refractivity contribution is 7.80. The molecule has 4 heteroatoms. The van der Waals surface area contributed by atoms with Crippen LogP contribution in [-0.4, -0.2) is 11.5 Å². The Morgan fingerprint density at radius 2 is 1.95 bits per heavy atom. The maximum atomic E-state index is 13.9. The van der Waals surface area contributed by atoms with Gasteiger partial charge in [0, 0.05) is 17.8 Å². The molecule has 2 rings (SSSR count). The summed E-state index contributed by atoms with van der Waals surface area (Å²) in [4.78, 5) is 2.30. The van der Waals surface area contributed by atoms with Crippen molar-refractivity contribution >= 4 is 28.6 Å². The summed E-state index contributed by atoms with van der Waals surface area (Å²) in [7, 11) is 0. The van der Waals surface area contributed by atoms with Crippen LogP contribution < -0.4 is 10.6 Å². The van der Waals surface area contributed by atoms with Gasteiger partial charge in [0.15, 0.2) is 0 Å². The molecule has 20 heavy (non-hydrogen) atoms. The maximum absolute atomic E-state index is 13.9. The van der Waals surface area contributed by atoms with Gasteiger partial charge in [-0.1, -0.05) is 24.4 Å². The molecule has 0 radical (unpaired) electrons. The number of hydrogen-bond acceptors (Lipinski definition) is 2. The second-order valence-corrected chi connectivity index (χ2v) is 5.00. The number of aryl methyl sites for hydroxylation is 1. The van der Waals surface area contributed by atoms with E-state index in [4.69, 9.17) is 18.0 Å². The molecular formula is C16H17FN2S. The van der Waals surface area contributed by atoms with Crippen molar-refractivity contribution in [2.45, 2.75) is 13.8 Å². The van der Waals surface area contributed by atoms with Gasteiger partial charge in [0.05, 0.1) is 5.69 Å². The molecule has 0 aliphatic rings. The van der Waals surface area contributed by atoms with Crippen molar-refractivity contribution in [1.29, 1.82) is 0 Å². The third-order valence-corrected chi connectivity index (χ3v) is 3.47. The lowest BCUT2D eigenvalue weighted by atomic mass is 10.1. The number of benzene rings is 2. The van der Waals surface area contributed by atoms with E-state index in [1.807, 2.05) is 43.0 Å². The highest BCUT2D eigenvalue weighted by Gasteiger charge is 2.12. The minimum Gasteiger partial charge on any atom is -0.389 e. The first-order valence-corrected chi connectivity index (χ1v) is 6.88. The van der Waals surface area contributed by atoms with Gasteiger partial charge in [-0.3, -0.25) is 0 Å². The summed E-state index contributed by atoms with van der Waals surface area (Å²) in [5, 5.41) is 0. The van der Waals surface area contributed by atoms with Gasteiger partial charge in [-0.25, -0.2) is 4.39 Å². The normalized spacial score (nSPS) is 10.3. The fourth-order valence-electron chi connectivity index (χ4n) is 2.25. The SMILES string of the molecule is CCN(c1ccc(C(N)=S)c(C)c1)c1ccccc1F. The van der Waals surface area contributed by atoms with Crippen LogP contribution in [0.4, 0.5) is 15.8 Å². The molecule has 0 fully saturated rings. The van der Waals surface area contributed by atoms with Crippen molar-refractivity contribution in [3.63, 3.8) is 0 Å².